The van der Waals surface area contributed by atoms with E-state index in [1.807, 2.05) is 0 Å². The molecular formula is C25H27N3O6. The second-order valence-corrected chi connectivity index (χ2v) is 7.83. The van der Waals surface area contributed by atoms with Gasteiger partial charge in [-0.05, 0) is 49.8 Å². The summed E-state index contributed by atoms with van der Waals surface area (Å²) in [5, 5.41) is 5.28. The molecule has 34 heavy (non-hydrogen) atoms. The van der Waals surface area contributed by atoms with Crippen LogP contribution in [0.25, 0.3) is 6.08 Å². The summed E-state index contributed by atoms with van der Waals surface area (Å²) >= 11 is 0. The van der Waals surface area contributed by atoms with E-state index < -0.39 is 36.5 Å². The first-order valence-corrected chi connectivity index (χ1v) is 10.8. The number of para-hydroxylation sites is 2. The van der Waals surface area contributed by atoms with Gasteiger partial charge in [-0.1, -0.05) is 24.3 Å². The van der Waals surface area contributed by atoms with Gasteiger partial charge in [0, 0.05) is 18.5 Å². The Hall–Kier alpha value is -4.14. The fourth-order valence-corrected chi connectivity index (χ4v) is 3.50. The van der Waals surface area contributed by atoms with Gasteiger partial charge in [-0.15, -0.1) is 0 Å². The fourth-order valence-electron chi connectivity index (χ4n) is 3.50. The van der Waals surface area contributed by atoms with Crippen LogP contribution in [0.15, 0.2) is 54.6 Å². The van der Waals surface area contributed by atoms with Crippen LogP contribution in [0.1, 0.15) is 25.8 Å². The molecule has 9 heteroatoms. The molecule has 0 bridgehead atoms. The van der Waals surface area contributed by atoms with Gasteiger partial charge in [-0.25, -0.2) is 4.79 Å². The van der Waals surface area contributed by atoms with Gasteiger partial charge in [0.15, 0.2) is 6.61 Å². The van der Waals surface area contributed by atoms with Crippen molar-refractivity contribution >= 4 is 41.1 Å². The number of benzene rings is 2. The molecule has 0 saturated carbocycles. The van der Waals surface area contributed by atoms with Crippen LogP contribution in [0.4, 0.5) is 11.4 Å². The zero-order chi connectivity index (χ0) is 24.7. The Labute approximate surface area is 197 Å². The quantitative estimate of drug-likeness (QED) is 0.480. The third-order valence-electron chi connectivity index (χ3n) is 5.22. The van der Waals surface area contributed by atoms with Crippen molar-refractivity contribution < 1.29 is 28.7 Å². The van der Waals surface area contributed by atoms with Crippen molar-refractivity contribution in [3.63, 3.8) is 0 Å². The number of ether oxygens (including phenoxy) is 2. The highest BCUT2D eigenvalue weighted by molar-refractivity contribution is 6.05. The number of fused-ring (bicyclic) bond motifs is 1. The first kappa shape index (κ1) is 24.5. The highest BCUT2D eigenvalue weighted by atomic mass is 16.5. The summed E-state index contributed by atoms with van der Waals surface area (Å²) in [6.07, 6.45) is 3.02. The maximum absolute atomic E-state index is 12.9. The maximum Gasteiger partial charge on any atom is 0.328 e. The van der Waals surface area contributed by atoms with Crippen LogP contribution >= 0.6 is 0 Å². The van der Waals surface area contributed by atoms with Crippen molar-refractivity contribution in [2.75, 3.05) is 23.9 Å². The average molecular weight is 466 g/mol. The molecule has 0 spiro atoms. The van der Waals surface area contributed by atoms with Gasteiger partial charge >= 0.3 is 5.97 Å². The lowest BCUT2D eigenvalue weighted by atomic mass is 10.1. The molecule has 0 aliphatic carbocycles. The van der Waals surface area contributed by atoms with Crippen molar-refractivity contribution in [3.05, 3.63) is 60.2 Å². The van der Waals surface area contributed by atoms with E-state index in [0.29, 0.717) is 17.1 Å². The Balaban J connectivity index is 1.55. The number of rotatable bonds is 7. The average Bonchev–Trinajstić information content (AvgIpc) is 2.95. The molecule has 2 aromatic carbocycles. The van der Waals surface area contributed by atoms with E-state index in [1.54, 1.807) is 68.6 Å². The minimum Gasteiger partial charge on any atom is -0.497 e. The van der Waals surface area contributed by atoms with E-state index in [4.69, 9.17) is 9.47 Å². The number of anilines is 2. The normalized spacial score (nSPS) is 16.1. The molecule has 1 aliphatic heterocycles. The van der Waals surface area contributed by atoms with Crippen LogP contribution in [0.2, 0.25) is 0 Å². The minimum atomic E-state index is -0.960. The fraction of sp³-hybridized carbons (Fsp3) is 0.280. The van der Waals surface area contributed by atoms with Gasteiger partial charge < -0.3 is 25.0 Å². The van der Waals surface area contributed by atoms with E-state index in [9.17, 15) is 19.2 Å². The van der Waals surface area contributed by atoms with Crippen LogP contribution in [0, 0.1) is 0 Å². The third kappa shape index (κ3) is 6.22. The second-order valence-electron chi connectivity index (χ2n) is 7.83. The molecule has 1 aliphatic rings. The predicted molar refractivity (Wildman–Crippen MR) is 127 cm³/mol. The first-order chi connectivity index (χ1) is 16.3. The van der Waals surface area contributed by atoms with Gasteiger partial charge in [0.25, 0.3) is 5.91 Å². The monoisotopic (exact) mass is 465 g/mol. The molecule has 0 radical (unpaired) electrons. The largest absolute Gasteiger partial charge is 0.497 e. The molecule has 2 aromatic rings. The summed E-state index contributed by atoms with van der Waals surface area (Å²) in [6.45, 7) is 2.70. The van der Waals surface area contributed by atoms with E-state index in [1.165, 1.54) is 17.9 Å². The number of nitrogens with one attached hydrogen (secondary N) is 2. The van der Waals surface area contributed by atoms with E-state index in [-0.39, 0.29) is 12.3 Å². The number of carbonyl (C=O) groups excluding carboxylic acids is 4. The molecule has 9 nitrogen and oxygen atoms in total. The van der Waals surface area contributed by atoms with Crippen molar-refractivity contribution in [2.24, 2.45) is 0 Å². The molecular weight excluding hydrogens is 438 g/mol. The second kappa shape index (κ2) is 11.1. The molecule has 2 N–H and O–H groups in total. The maximum atomic E-state index is 12.9. The molecule has 3 rings (SSSR count). The van der Waals surface area contributed by atoms with Crippen molar-refractivity contribution in [1.82, 2.24) is 5.32 Å². The zero-order valence-corrected chi connectivity index (χ0v) is 19.2. The number of hydrogen-bond acceptors (Lipinski definition) is 6. The Bertz CT molecular complexity index is 1100. The molecule has 1 heterocycles. The van der Waals surface area contributed by atoms with Crippen LogP contribution in [0.5, 0.6) is 5.75 Å². The van der Waals surface area contributed by atoms with Crippen LogP contribution < -0.4 is 20.3 Å². The number of amides is 3. The smallest absolute Gasteiger partial charge is 0.328 e. The number of nitrogens with zero attached hydrogens (tertiary/aromatic N) is 1. The summed E-state index contributed by atoms with van der Waals surface area (Å²) in [5.41, 5.74) is 1.84. The number of carbonyl (C=O) groups is 4. The summed E-state index contributed by atoms with van der Waals surface area (Å²) in [6, 6.07) is 12.7. The Kier molecular flexibility index (Phi) is 8.02. The van der Waals surface area contributed by atoms with Gasteiger partial charge in [0.2, 0.25) is 11.8 Å². The van der Waals surface area contributed by atoms with E-state index in [2.05, 4.69) is 10.6 Å². The molecule has 178 valence electrons. The van der Waals surface area contributed by atoms with E-state index >= 15 is 0 Å². The number of esters is 1. The Morgan fingerprint density at radius 2 is 1.88 bits per heavy atom. The van der Waals surface area contributed by atoms with Gasteiger partial charge in [0.05, 0.1) is 18.5 Å². The van der Waals surface area contributed by atoms with Crippen molar-refractivity contribution in [3.8, 4) is 5.75 Å². The number of methoxy groups -OCH3 is 1. The molecule has 0 aromatic heterocycles. The lowest BCUT2D eigenvalue weighted by Gasteiger charge is -2.27. The zero-order valence-electron chi connectivity index (χ0n) is 19.2. The van der Waals surface area contributed by atoms with Gasteiger partial charge in [0.1, 0.15) is 11.8 Å². The Morgan fingerprint density at radius 1 is 1.18 bits per heavy atom. The summed E-state index contributed by atoms with van der Waals surface area (Å²) < 4.78 is 10.2. The predicted octanol–water partition coefficient (Wildman–Crippen LogP) is 2.52. The van der Waals surface area contributed by atoms with Crippen LogP contribution in [-0.4, -0.2) is 49.5 Å². The first-order valence-electron chi connectivity index (χ1n) is 10.8. The minimum absolute atomic E-state index is 0.112. The van der Waals surface area contributed by atoms with Crippen molar-refractivity contribution in [1.29, 1.82) is 0 Å². The lowest BCUT2D eigenvalue weighted by molar-refractivity contribution is -0.150. The summed E-state index contributed by atoms with van der Waals surface area (Å²) in [7, 11) is 1.57. The molecule has 0 fully saturated rings. The van der Waals surface area contributed by atoms with Crippen LogP contribution in [0.3, 0.4) is 0 Å². The Morgan fingerprint density at radius 3 is 2.59 bits per heavy atom. The molecule has 0 saturated heterocycles. The molecule has 2 atom stereocenters. The van der Waals surface area contributed by atoms with Crippen LogP contribution in [-0.2, 0) is 23.9 Å². The SMILES string of the molecule is COc1ccc(C=CC(=O)NC(C)C(=O)OCC(=O)N2c3ccccc3NC(=O)CC2C)cc1. The molecule has 2 unspecified atom stereocenters. The van der Waals surface area contributed by atoms with Gasteiger partial charge in [-0.2, -0.15) is 0 Å². The van der Waals surface area contributed by atoms with E-state index in [0.717, 1.165) is 5.56 Å². The molecule has 3 amide bonds. The lowest BCUT2D eigenvalue weighted by Crippen LogP contribution is -2.43. The highest BCUT2D eigenvalue weighted by Gasteiger charge is 2.30. The summed E-state index contributed by atoms with van der Waals surface area (Å²) in [4.78, 5) is 50.9. The highest BCUT2D eigenvalue weighted by Crippen LogP contribution is 2.31. The van der Waals surface area contributed by atoms with Crippen molar-refractivity contribution in [2.45, 2.75) is 32.4 Å². The topological polar surface area (TPSA) is 114 Å². The standard InChI is InChI=1S/C25H27N3O6/c1-16-14-23(30)27-20-6-4-5-7-21(20)28(16)24(31)15-34-25(32)17(2)26-22(29)13-10-18-8-11-19(33-3)12-9-18/h4-13,16-17H,14-15H2,1-3H3,(H,26,29)(H,27,30). The van der Waals surface area contributed by atoms with Gasteiger partial charge in [-0.3, -0.25) is 14.4 Å². The summed E-state index contributed by atoms with van der Waals surface area (Å²) in [5.74, 6) is -1.20. The third-order valence-corrected chi connectivity index (χ3v) is 5.22. The number of hydrogen-bond donors (Lipinski definition) is 2.